The third-order valence-electron chi connectivity index (χ3n) is 5.81. The zero-order chi connectivity index (χ0) is 20.5. The molecule has 0 unspecified atom stereocenters. The lowest BCUT2D eigenvalue weighted by Gasteiger charge is -2.31. The first kappa shape index (κ1) is 19.3. The van der Waals surface area contributed by atoms with Gasteiger partial charge >= 0.3 is 6.03 Å². The maximum absolute atomic E-state index is 13.2. The summed E-state index contributed by atoms with van der Waals surface area (Å²) >= 11 is 0. The van der Waals surface area contributed by atoms with Crippen molar-refractivity contribution in [2.75, 3.05) is 53.0 Å². The van der Waals surface area contributed by atoms with Crippen LogP contribution in [-0.4, -0.2) is 79.6 Å². The van der Waals surface area contributed by atoms with E-state index in [1.165, 1.54) is 21.9 Å². The molecule has 0 radical (unpaired) electrons. The number of nitrogens with zero attached hydrogens (tertiary/aromatic N) is 3. The first-order chi connectivity index (χ1) is 14.0. The molecular weight excluding hydrogens is 378 g/mol. The molecule has 3 amide bonds. The fourth-order valence-electron chi connectivity index (χ4n) is 4.05. The SMILES string of the molecule is CN1C(=O)N[C@@H](c2ccc([N+](=O)[O-])cc2)C2=C1CN(CC[NH+]1CCOCC1)C2=O. The summed E-state index contributed by atoms with van der Waals surface area (Å²) in [6.45, 7) is 5.17. The molecule has 0 aromatic heterocycles. The lowest BCUT2D eigenvalue weighted by Crippen LogP contribution is -3.14. The molecule has 4 rings (SSSR count). The molecule has 0 saturated carbocycles. The molecule has 0 spiro atoms. The minimum atomic E-state index is -0.609. The van der Waals surface area contributed by atoms with Crippen LogP contribution in [0.2, 0.25) is 0 Å². The second-order valence-electron chi connectivity index (χ2n) is 7.49. The molecule has 1 aromatic rings. The van der Waals surface area contributed by atoms with Gasteiger partial charge in [0, 0.05) is 19.2 Å². The van der Waals surface area contributed by atoms with Gasteiger partial charge in [-0.15, -0.1) is 0 Å². The summed E-state index contributed by atoms with van der Waals surface area (Å²) in [7, 11) is 1.65. The number of amides is 3. The Kier molecular flexibility index (Phi) is 5.20. The number of likely N-dealkylation sites (N-methyl/N-ethyl adjacent to an activating group) is 1. The molecule has 1 aromatic carbocycles. The molecule has 10 nitrogen and oxygen atoms in total. The molecule has 29 heavy (non-hydrogen) atoms. The molecule has 2 N–H and O–H groups in total. The third kappa shape index (κ3) is 3.68. The van der Waals surface area contributed by atoms with E-state index >= 15 is 0 Å². The minimum Gasteiger partial charge on any atom is -0.370 e. The van der Waals surface area contributed by atoms with E-state index in [1.54, 1.807) is 24.1 Å². The smallest absolute Gasteiger partial charge is 0.322 e. The number of nitrogens with one attached hydrogen (secondary N) is 2. The number of rotatable bonds is 5. The Labute approximate surface area is 167 Å². The van der Waals surface area contributed by atoms with Gasteiger partial charge in [-0.1, -0.05) is 0 Å². The van der Waals surface area contributed by atoms with Crippen molar-refractivity contribution >= 4 is 17.6 Å². The lowest BCUT2D eigenvalue weighted by atomic mass is 9.95. The van der Waals surface area contributed by atoms with Crippen LogP contribution in [0.25, 0.3) is 0 Å². The average Bonchev–Trinajstić information content (AvgIpc) is 3.07. The Bertz CT molecular complexity index is 862. The summed E-state index contributed by atoms with van der Waals surface area (Å²) in [5.41, 5.74) is 1.85. The Morgan fingerprint density at radius 1 is 1.24 bits per heavy atom. The van der Waals surface area contributed by atoms with Gasteiger partial charge in [-0.05, 0) is 17.7 Å². The van der Waals surface area contributed by atoms with Gasteiger partial charge < -0.3 is 19.9 Å². The van der Waals surface area contributed by atoms with Crippen molar-refractivity contribution in [2.45, 2.75) is 6.04 Å². The monoisotopic (exact) mass is 402 g/mol. The van der Waals surface area contributed by atoms with Gasteiger partial charge in [-0.3, -0.25) is 19.8 Å². The number of carbonyl (C=O) groups is 2. The van der Waals surface area contributed by atoms with E-state index in [-0.39, 0.29) is 17.6 Å². The summed E-state index contributed by atoms with van der Waals surface area (Å²) < 4.78 is 5.38. The highest BCUT2D eigenvalue weighted by Gasteiger charge is 2.43. The number of nitro groups is 1. The molecule has 1 fully saturated rings. The highest BCUT2D eigenvalue weighted by molar-refractivity contribution is 6.01. The van der Waals surface area contributed by atoms with Crippen LogP contribution in [0.4, 0.5) is 10.5 Å². The number of nitro benzene ring substituents is 1. The van der Waals surface area contributed by atoms with Crippen molar-refractivity contribution in [1.82, 2.24) is 15.1 Å². The van der Waals surface area contributed by atoms with Crippen LogP contribution in [0.15, 0.2) is 35.5 Å². The van der Waals surface area contributed by atoms with E-state index in [1.807, 2.05) is 0 Å². The molecule has 3 aliphatic rings. The van der Waals surface area contributed by atoms with Crippen LogP contribution >= 0.6 is 0 Å². The summed E-state index contributed by atoms with van der Waals surface area (Å²) in [6, 6.07) is 5.06. The minimum absolute atomic E-state index is 0.0323. The largest absolute Gasteiger partial charge is 0.370 e. The first-order valence-electron chi connectivity index (χ1n) is 9.68. The van der Waals surface area contributed by atoms with Gasteiger partial charge in [0.15, 0.2) is 0 Å². The number of carbonyl (C=O) groups excluding carboxylic acids is 2. The zero-order valence-corrected chi connectivity index (χ0v) is 16.2. The van der Waals surface area contributed by atoms with Crippen LogP contribution < -0.4 is 10.2 Å². The lowest BCUT2D eigenvalue weighted by molar-refractivity contribution is -0.907. The Morgan fingerprint density at radius 3 is 2.59 bits per heavy atom. The van der Waals surface area contributed by atoms with E-state index < -0.39 is 11.0 Å². The molecule has 154 valence electrons. The number of quaternary nitrogens is 1. The van der Waals surface area contributed by atoms with Crippen molar-refractivity contribution in [2.24, 2.45) is 0 Å². The summed E-state index contributed by atoms with van der Waals surface area (Å²) in [6.07, 6.45) is 0. The van der Waals surface area contributed by atoms with Crippen LogP contribution in [0.5, 0.6) is 0 Å². The fourth-order valence-corrected chi connectivity index (χ4v) is 4.05. The van der Waals surface area contributed by atoms with E-state index in [0.717, 1.165) is 32.8 Å². The second-order valence-corrected chi connectivity index (χ2v) is 7.49. The van der Waals surface area contributed by atoms with Crippen molar-refractivity contribution < 1.29 is 24.1 Å². The molecule has 3 heterocycles. The molecular formula is C19H24N5O5+. The normalized spacial score (nSPS) is 22.7. The van der Waals surface area contributed by atoms with Gasteiger partial charge in [0.2, 0.25) is 0 Å². The van der Waals surface area contributed by atoms with Gasteiger partial charge in [-0.25, -0.2) is 4.79 Å². The standard InChI is InChI=1S/C19H23N5O5/c1-21-15-12-23(7-6-22-8-10-29-11-9-22)18(25)16(15)17(20-19(21)26)13-2-4-14(5-3-13)24(27)28/h2-5,17H,6-12H2,1H3,(H,20,26)/p+1/t17-/m0/s1. The van der Waals surface area contributed by atoms with Crippen molar-refractivity contribution in [3.8, 4) is 0 Å². The highest BCUT2D eigenvalue weighted by Crippen LogP contribution is 2.35. The van der Waals surface area contributed by atoms with Gasteiger partial charge in [0.1, 0.15) is 13.1 Å². The number of hydrogen-bond acceptors (Lipinski definition) is 5. The number of hydrogen-bond donors (Lipinski definition) is 2. The van der Waals surface area contributed by atoms with Gasteiger partial charge in [-0.2, -0.15) is 0 Å². The number of urea groups is 1. The number of non-ortho nitro benzene ring substituents is 1. The van der Waals surface area contributed by atoms with Crippen LogP contribution in [0.1, 0.15) is 11.6 Å². The first-order valence-corrected chi connectivity index (χ1v) is 9.68. The van der Waals surface area contributed by atoms with Crippen LogP contribution in [0.3, 0.4) is 0 Å². The highest BCUT2D eigenvalue weighted by atomic mass is 16.6. The van der Waals surface area contributed by atoms with Crippen molar-refractivity contribution in [1.29, 1.82) is 0 Å². The number of morpholine rings is 1. The van der Waals surface area contributed by atoms with E-state index in [2.05, 4.69) is 5.32 Å². The van der Waals surface area contributed by atoms with Crippen LogP contribution in [0, 0.1) is 10.1 Å². The second kappa shape index (κ2) is 7.80. The van der Waals surface area contributed by atoms with Gasteiger partial charge in [0.25, 0.3) is 11.6 Å². The quantitative estimate of drug-likeness (QED) is 0.500. The zero-order valence-electron chi connectivity index (χ0n) is 16.2. The summed E-state index contributed by atoms with van der Waals surface area (Å²) in [5.74, 6) is -0.0946. The number of ether oxygens (including phenoxy) is 1. The topological polar surface area (TPSA) is 109 Å². The van der Waals surface area contributed by atoms with Crippen molar-refractivity contribution in [3.05, 3.63) is 51.2 Å². The average molecular weight is 402 g/mol. The third-order valence-corrected chi connectivity index (χ3v) is 5.81. The Morgan fingerprint density at radius 2 is 1.93 bits per heavy atom. The summed E-state index contributed by atoms with van der Waals surface area (Å²) in [4.78, 5) is 40.7. The molecule has 0 bridgehead atoms. The van der Waals surface area contributed by atoms with Crippen LogP contribution in [-0.2, 0) is 9.53 Å². The molecule has 10 heteroatoms. The van der Waals surface area contributed by atoms with E-state index in [4.69, 9.17) is 4.74 Å². The predicted molar refractivity (Wildman–Crippen MR) is 102 cm³/mol. The molecule has 1 atom stereocenters. The Hall–Kier alpha value is -2.98. The maximum atomic E-state index is 13.2. The van der Waals surface area contributed by atoms with Gasteiger partial charge in [0.05, 0.1) is 55.1 Å². The molecule has 3 aliphatic heterocycles. The Balaban J connectivity index is 1.54. The summed E-state index contributed by atoms with van der Waals surface area (Å²) in [5, 5.41) is 13.8. The maximum Gasteiger partial charge on any atom is 0.322 e. The predicted octanol–water partition coefficient (Wildman–Crippen LogP) is -0.698. The van der Waals surface area contributed by atoms with Crippen molar-refractivity contribution in [3.63, 3.8) is 0 Å². The molecule has 1 saturated heterocycles. The number of benzene rings is 1. The fraction of sp³-hybridized carbons (Fsp3) is 0.474. The molecule has 0 aliphatic carbocycles. The van der Waals surface area contributed by atoms with E-state index in [0.29, 0.717) is 29.9 Å². The van der Waals surface area contributed by atoms with E-state index in [9.17, 15) is 19.7 Å².